The van der Waals surface area contributed by atoms with E-state index in [-0.39, 0.29) is 18.6 Å². The Hall–Kier alpha value is -2.77. The number of fused-ring (bicyclic) bond motifs is 1. The lowest BCUT2D eigenvalue weighted by Gasteiger charge is -2.36. The van der Waals surface area contributed by atoms with Crippen molar-refractivity contribution >= 4 is 11.6 Å². The molecule has 0 unspecified atom stereocenters. The molecule has 2 heterocycles. The van der Waals surface area contributed by atoms with Crippen molar-refractivity contribution in [1.82, 2.24) is 10.2 Å². The van der Waals surface area contributed by atoms with Crippen molar-refractivity contribution in [2.75, 3.05) is 65.1 Å². The Morgan fingerprint density at radius 3 is 2.59 bits per heavy atom. The zero-order valence-corrected chi connectivity index (χ0v) is 19.0. The van der Waals surface area contributed by atoms with Gasteiger partial charge in [-0.2, -0.15) is 0 Å². The van der Waals surface area contributed by atoms with Gasteiger partial charge in [0, 0.05) is 38.9 Å². The zero-order valence-electron chi connectivity index (χ0n) is 19.0. The monoisotopic (exact) mass is 439 g/mol. The molecule has 1 fully saturated rings. The molecule has 4 rings (SSSR count). The van der Waals surface area contributed by atoms with Gasteiger partial charge in [-0.05, 0) is 54.3 Å². The third-order valence-electron chi connectivity index (χ3n) is 6.25. The Morgan fingerprint density at radius 2 is 1.84 bits per heavy atom. The van der Waals surface area contributed by atoms with Gasteiger partial charge < -0.3 is 24.4 Å². The summed E-state index contributed by atoms with van der Waals surface area (Å²) in [4.78, 5) is 17.3. The van der Waals surface area contributed by atoms with E-state index in [0.717, 1.165) is 45.0 Å². The van der Waals surface area contributed by atoms with E-state index in [1.54, 1.807) is 19.2 Å². The number of morpholine rings is 1. The molecule has 0 radical (unpaired) electrons. The normalized spacial score (nSPS) is 17.4. The van der Waals surface area contributed by atoms with Gasteiger partial charge >= 0.3 is 0 Å². The fraction of sp³-hybridized carbons (Fsp3) is 0.480. The van der Waals surface area contributed by atoms with Crippen LogP contribution in [0.2, 0.25) is 0 Å². The van der Waals surface area contributed by atoms with Crippen molar-refractivity contribution in [2.24, 2.45) is 0 Å². The summed E-state index contributed by atoms with van der Waals surface area (Å²) in [6, 6.07) is 14.1. The maximum atomic E-state index is 12.5. The molecule has 172 valence electrons. The third kappa shape index (κ3) is 5.53. The van der Waals surface area contributed by atoms with Crippen molar-refractivity contribution in [3.05, 3.63) is 53.6 Å². The molecule has 1 N–H and O–H groups in total. The summed E-state index contributed by atoms with van der Waals surface area (Å²) in [6.07, 6.45) is 2.28. The highest BCUT2D eigenvalue weighted by atomic mass is 16.5. The van der Waals surface area contributed by atoms with E-state index in [1.807, 2.05) is 12.1 Å². The topological polar surface area (TPSA) is 63.3 Å². The van der Waals surface area contributed by atoms with Gasteiger partial charge in [0.2, 0.25) is 0 Å². The van der Waals surface area contributed by atoms with E-state index in [4.69, 9.17) is 14.2 Å². The van der Waals surface area contributed by atoms with Crippen molar-refractivity contribution < 1.29 is 19.0 Å². The van der Waals surface area contributed by atoms with E-state index in [1.165, 1.54) is 23.2 Å². The molecule has 0 spiro atoms. The Bertz CT molecular complexity index is 897. The first-order chi connectivity index (χ1) is 15.6. The standard InChI is InChI=1S/C25H33N3O4/c1-27-11-3-4-19-16-20(5-10-23(19)27)24(28-12-14-31-15-13-28)17-26-25(29)18-32-22-8-6-21(30-2)7-9-22/h5-10,16,24H,3-4,11-15,17-18H2,1-2H3,(H,26,29)/t24-/m0/s1. The number of nitrogens with zero attached hydrogens (tertiary/aromatic N) is 2. The Kier molecular flexibility index (Phi) is 7.50. The number of amides is 1. The largest absolute Gasteiger partial charge is 0.497 e. The van der Waals surface area contributed by atoms with Crippen LogP contribution >= 0.6 is 0 Å². The van der Waals surface area contributed by atoms with Gasteiger partial charge in [0.1, 0.15) is 11.5 Å². The minimum absolute atomic E-state index is 0.0167. The number of carbonyl (C=O) groups is 1. The lowest BCUT2D eigenvalue weighted by Crippen LogP contribution is -2.44. The van der Waals surface area contributed by atoms with Crippen molar-refractivity contribution in [3.8, 4) is 11.5 Å². The molecule has 2 aromatic rings. The summed E-state index contributed by atoms with van der Waals surface area (Å²) >= 11 is 0. The van der Waals surface area contributed by atoms with Gasteiger partial charge in [0.05, 0.1) is 26.4 Å². The quantitative estimate of drug-likeness (QED) is 0.682. The average Bonchev–Trinajstić information content (AvgIpc) is 2.84. The van der Waals surface area contributed by atoms with Gasteiger partial charge in [-0.25, -0.2) is 0 Å². The van der Waals surface area contributed by atoms with Gasteiger partial charge in [-0.3, -0.25) is 9.69 Å². The maximum absolute atomic E-state index is 12.5. The molecule has 1 amide bonds. The Morgan fingerprint density at radius 1 is 1.09 bits per heavy atom. The number of ether oxygens (including phenoxy) is 3. The Balaban J connectivity index is 1.40. The minimum atomic E-state index is -0.128. The van der Waals surface area contributed by atoms with Gasteiger partial charge in [-0.1, -0.05) is 12.1 Å². The van der Waals surface area contributed by atoms with Crippen LogP contribution in [0.3, 0.4) is 0 Å². The highest BCUT2D eigenvalue weighted by Crippen LogP contribution is 2.31. The predicted molar refractivity (Wildman–Crippen MR) is 125 cm³/mol. The number of carbonyl (C=O) groups excluding carboxylic acids is 1. The summed E-state index contributed by atoms with van der Waals surface area (Å²) in [5.74, 6) is 1.27. The molecule has 1 atom stereocenters. The predicted octanol–water partition coefficient (Wildman–Crippen LogP) is 2.65. The molecule has 2 aliphatic heterocycles. The van der Waals surface area contributed by atoms with Crippen molar-refractivity contribution in [1.29, 1.82) is 0 Å². The first-order valence-electron chi connectivity index (χ1n) is 11.3. The fourth-order valence-corrected chi connectivity index (χ4v) is 4.44. The molecule has 2 aromatic carbocycles. The first kappa shape index (κ1) is 22.4. The molecule has 0 aliphatic carbocycles. The van der Waals surface area contributed by atoms with Gasteiger partial charge in [0.25, 0.3) is 5.91 Å². The number of methoxy groups -OCH3 is 1. The summed E-state index contributed by atoms with van der Waals surface area (Å²) in [7, 11) is 3.77. The summed E-state index contributed by atoms with van der Waals surface area (Å²) in [5, 5.41) is 3.08. The van der Waals surface area contributed by atoms with Crippen LogP contribution in [0.15, 0.2) is 42.5 Å². The lowest BCUT2D eigenvalue weighted by atomic mass is 9.95. The van der Waals surface area contributed by atoms with E-state index in [0.29, 0.717) is 12.3 Å². The summed E-state index contributed by atoms with van der Waals surface area (Å²) < 4.78 is 16.3. The second kappa shape index (κ2) is 10.7. The van der Waals surface area contributed by atoms with E-state index in [9.17, 15) is 4.79 Å². The smallest absolute Gasteiger partial charge is 0.258 e. The number of anilines is 1. The second-order valence-corrected chi connectivity index (χ2v) is 8.35. The minimum Gasteiger partial charge on any atom is -0.497 e. The molecule has 7 heteroatoms. The lowest BCUT2D eigenvalue weighted by molar-refractivity contribution is -0.123. The Labute approximate surface area is 190 Å². The van der Waals surface area contributed by atoms with Crippen LogP contribution in [0.5, 0.6) is 11.5 Å². The summed E-state index contributed by atoms with van der Waals surface area (Å²) in [5.41, 5.74) is 3.96. The number of aryl methyl sites for hydroxylation is 1. The molecular formula is C25H33N3O4. The van der Waals surface area contributed by atoms with Crippen LogP contribution < -0.4 is 19.7 Å². The molecular weight excluding hydrogens is 406 g/mol. The second-order valence-electron chi connectivity index (χ2n) is 8.35. The SMILES string of the molecule is COc1ccc(OCC(=O)NC[C@@H](c2ccc3c(c2)CCCN3C)N2CCOCC2)cc1. The molecule has 0 bridgehead atoms. The molecule has 1 saturated heterocycles. The van der Waals surface area contributed by atoms with Crippen molar-refractivity contribution in [3.63, 3.8) is 0 Å². The molecule has 32 heavy (non-hydrogen) atoms. The van der Waals surface area contributed by atoms with Crippen LogP contribution in [0.1, 0.15) is 23.6 Å². The van der Waals surface area contributed by atoms with E-state index < -0.39 is 0 Å². The van der Waals surface area contributed by atoms with Crippen LogP contribution in [0.25, 0.3) is 0 Å². The molecule has 2 aliphatic rings. The van der Waals surface area contributed by atoms with Gasteiger partial charge in [-0.15, -0.1) is 0 Å². The van der Waals surface area contributed by atoms with E-state index >= 15 is 0 Å². The molecule has 0 saturated carbocycles. The third-order valence-corrected chi connectivity index (χ3v) is 6.25. The number of benzene rings is 2. The number of rotatable bonds is 8. The number of hydrogen-bond acceptors (Lipinski definition) is 6. The fourth-order valence-electron chi connectivity index (χ4n) is 4.44. The highest BCUT2D eigenvalue weighted by Gasteiger charge is 2.25. The first-order valence-corrected chi connectivity index (χ1v) is 11.3. The van der Waals surface area contributed by atoms with Crippen LogP contribution in [-0.4, -0.2) is 71.0 Å². The van der Waals surface area contributed by atoms with E-state index in [2.05, 4.69) is 40.4 Å². The highest BCUT2D eigenvalue weighted by molar-refractivity contribution is 5.77. The number of hydrogen-bond donors (Lipinski definition) is 1. The van der Waals surface area contributed by atoms with Crippen molar-refractivity contribution in [2.45, 2.75) is 18.9 Å². The number of nitrogens with one attached hydrogen (secondary N) is 1. The maximum Gasteiger partial charge on any atom is 0.258 e. The zero-order chi connectivity index (χ0) is 22.3. The van der Waals surface area contributed by atoms with Crippen LogP contribution in [-0.2, 0) is 16.0 Å². The van der Waals surface area contributed by atoms with Crippen LogP contribution in [0, 0.1) is 0 Å². The molecule has 7 nitrogen and oxygen atoms in total. The molecule has 0 aromatic heterocycles. The van der Waals surface area contributed by atoms with Gasteiger partial charge in [0.15, 0.2) is 6.61 Å². The average molecular weight is 440 g/mol. The van der Waals surface area contributed by atoms with Crippen LogP contribution in [0.4, 0.5) is 5.69 Å². The summed E-state index contributed by atoms with van der Waals surface area (Å²) in [6.45, 7) is 4.79.